The normalized spacial score (nSPS) is 24.0. The molecule has 2 rings (SSSR count). The quantitative estimate of drug-likeness (QED) is 0.876. The van der Waals surface area contributed by atoms with E-state index in [1.807, 2.05) is 26.2 Å². The molecule has 3 atom stereocenters. The van der Waals surface area contributed by atoms with Crippen LogP contribution in [0.2, 0.25) is 0 Å². The maximum Gasteiger partial charge on any atom is 0.246 e. The molecular weight excluding hydrogens is 286 g/mol. The van der Waals surface area contributed by atoms with E-state index in [1.165, 1.54) is 11.3 Å². The number of aromatic nitrogens is 1. The predicted molar refractivity (Wildman–Crippen MR) is 82.7 cm³/mol. The molecule has 1 saturated heterocycles. The van der Waals surface area contributed by atoms with Crippen molar-refractivity contribution in [2.45, 2.75) is 58.7 Å². The van der Waals surface area contributed by atoms with Crippen LogP contribution in [0.25, 0.3) is 0 Å². The van der Waals surface area contributed by atoms with Crippen LogP contribution in [0.5, 0.6) is 0 Å². The number of nitrogens with one attached hydrogen (secondary N) is 1. The van der Waals surface area contributed by atoms with Gasteiger partial charge in [-0.1, -0.05) is 33.6 Å². The highest BCUT2D eigenvalue weighted by Crippen LogP contribution is 2.24. The second-order valence-electron chi connectivity index (χ2n) is 5.57. The van der Waals surface area contributed by atoms with E-state index in [-0.39, 0.29) is 29.8 Å². The fourth-order valence-corrected chi connectivity index (χ4v) is 3.34. The van der Waals surface area contributed by atoms with Crippen LogP contribution in [0.3, 0.4) is 0 Å². The van der Waals surface area contributed by atoms with E-state index in [0.29, 0.717) is 13.0 Å². The molecule has 2 amide bonds. The van der Waals surface area contributed by atoms with E-state index in [2.05, 4.69) is 10.3 Å². The van der Waals surface area contributed by atoms with Gasteiger partial charge in [-0.2, -0.15) is 0 Å². The molecule has 1 aliphatic heterocycles. The largest absolute Gasteiger partial charge is 0.342 e. The molecule has 0 radical (unpaired) electrons. The number of nitrogens with zero attached hydrogens (tertiary/aromatic N) is 2. The van der Waals surface area contributed by atoms with Gasteiger partial charge in [-0.15, -0.1) is 11.3 Å². The highest BCUT2D eigenvalue weighted by Gasteiger charge is 2.42. The Kier molecular flexibility index (Phi) is 5.33. The molecule has 5 nitrogen and oxygen atoms in total. The van der Waals surface area contributed by atoms with Gasteiger partial charge in [0.1, 0.15) is 17.1 Å². The Balaban J connectivity index is 2.25. The van der Waals surface area contributed by atoms with Gasteiger partial charge in [-0.3, -0.25) is 9.59 Å². The van der Waals surface area contributed by atoms with Crippen molar-refractivity contribution in [2.24, 2.45) is 5.92 Å². The SMILES string of the molecule is CCCC1NC(=O)C(C(C)CC)N(Cc2nccs2)C1=O. The topological polar surface area (TPSA) is 62.3 Å². The fraction of sp³-hybridized carbons (Fsp3) is 0.667. The second kappa shape index (κ2) is 7.02. The van der Waals surface area contributed by atoms with Crippen molar-refractivity contribution < 1.29 is 9.59 Å². The van der Waals surface area contributed by atoms with E-state index in [9.17, 15) is 9.59 Å². The molecule has 21 heavy (non-hydrogen) atoms. The van der Waals surface area contributed by atoms with Crippen LogP contribution in [-0.4, -0.2) is 33.8 Å². The van der Waals surface area contributed by atoms with Gasteiger partial charge in [0.15, 0.2) is 0 Å². The second-order valence-corrected chi connectivity index (χ2v) is 6.55. The Hall–Kier alpha value is -1.43. The summed E-state index contributed by atoms with van der Waals surface area (Å²) in [5.74, 6) is 0.132. The van der Waals surface area contributed by atoms with Gasteiger partial charge in [0.25, 0.3) is 0 Å². The molecule has 0 spiro atoms. The Morgan fingerprint density at radius 2 is 2.19 bits per heavy atom. The number of hydrogen-bond acceptors (Lipinski definition) is 4. The minimum atomic E-state index is -0.389. The van der Waals surface area contributed by atoms with Gasteiger partial charge >= 0.3 is 0 Å². The first-order chi connectivity index (χ1) is 10.1. The summed E-state index contributed by atoms with van der Waals surface area (Å²) in [6, 6.07) is -0.776. The molecule has 1 aromatic rings. The summed E-state index contributed by atoms with van der Waals surface area (Å²) in [5, 5.41) is 5.67. The molecular formula is C15H23N3O2S. The summed E-state index contributed by atoms with van der Waals surface area (Å²) in [4.78, 5) is 31.1. The maximum absolute atomic E-state index is 12.7. The van der Waals surface area contributed by atoms with Crippen LogP contribution < -0.4 is 5.32 Å². The molecule has 2 heterocycles. The van der Waals surface area contributed by atoms with Crippen LogP contribution >= 0.6 is 11.3 Å². The Bertz CT molecular complexity index is 489. The lowest BCUT2D eigenvalue weighted by atomic mass is 9.92. The van der Waals surface area contributed by atoms with Crippen LogP contribution in [0, 0.1) is 5.92 Å². The van der Waals surface area contributed by atoms with Crippen molar-refractivity contribution >= 4 is 23.2 Å². The van der Waals surface area contributed by atoms with Gasteiger partial charge in [-0.25, -0.2) is 4.98 Å². The van der Waals surface area contributed by atoms with Gasteiger partial charge in [-0.05, 0) is 12.3 Å². The van der Waals surface area contributed by atoms with Crippen molar-refractivity contribution in [3.8, 4) is 0 Å². The van der Waals surface area contributed by atoms with Crippen molar-refractivity contribution in [2.75, 3.05) is 0 Å². The summed E-state index contributed by atoms with van der Waals surface area (Å²) < 4.78 is 0. The monoisotopic (exact) mass is 309 g/mol. The average molecular weight is 309 g/mol. The number of piperazine rings is 1. The lowest BCUT2D eigenvalue weighted by molar-refractivity contribution is -0.152. The molecule has 1 aromatic heterocycles. The molecule has 6 heteroatoms. The molecule has 116 valence electrons. The fourth-order valence-electron chi connectivity index (χ4n) is 2.72. The summed E-state index contributed by atoms with van der Waals surface area (Å²) in [7, 11) is 0. The van der Waals surface area contributed by atoms with Crippen LogP contribution in [-0.2, 0) is 16.1 Å². The molecule has 3 unspecified atom stereocenters. The standard InChI is InChI=1S/C15H23N3O2S/c1-4-6-11-15(20)18(9-12-16-7-8-21-12)13(10(3)5-2)14(19)17-11/h7-8,10-11,13H,4-6,9H2,1-3H3,(H,17,19). The van der Waals surface area contributed by atoms with E-state index < -0.39 is 0 Å². The van der Waals surface area contributed by atoms with Crippen LogP contribution in [0.4, 0.5) is 0 Å². The Morgan fingerprint density at radius 1 is 1.43 bits per heavy atom. The summed E-state index contributed by atoms with van der Waals surface area (Å²) in [6.45, 7) is 6.51. The predicted octanol–water partition coefficient (Wildman–Crippen LogP) is 2.18. The Morgan fingerprint density at radius 3 is 2.76 bits per heavy atom. The molecule has 1 fully saturated rings. The van der Waals surface area contributed by atoms with Crippen molar-refractivity contribution in [1.29, 1.82) is 0 Å². The number of rotatable bonds is 6. The summed E-state index contributed by atoms with van der Waals surface area (Å²) in [6.07, 6.45) is 4.15. The van der Waals surface area contributed by atoms with Crippen molar-refractivity contribution in [1.82, 2.24) is 15.2 Å². The number of thiazole rings is 1. The van der Waals surface area contributed by atoms with E-state index in [0.717, 1.165) is 17.8 Å². The third-order valence-electron chi connectivity index (χ3n) is 4.05. The number of carbonyl (C=O) groups is 2. The Labute approximate surface area is 129 Å². The number of hydrogen-bond donors (Lipinski definition) is 1. The first-order valence-corrected chi connectivity index (χ1v) is 8.45. The maximum atomic E-state index is 12.7. The minimum absolute atomic E-state index is 0.0250. The van der Waals surface area contributed by atoms with Crippen LogP contribution in [0.1, 0.15) is 45.0 Å². The van der Waals surface area contributed by atoms with E-state index in [4.69, 9.17) is 0 Å². The molecule has 0 saturated carbocycles. The first-order valence-electron chi connectivity index (χ1n) is 7.57. The first kappa shape index (κ1) is 15.9. The van der Waals surface area contributed by atoms with Gasteiger partial charge < -0.3 is 10.2 Å². The lowest BCUT2D eigenvalue weighted by Crippen LogP contribution is -2.64. The summed E-state index contributed by atoms with van der Waals surface area (Å²) >= 11 is 1.52. The molecule has 1 aliphatic rings. The third-order valence-corrected chi connectivity index (χ3v) is 4.82. The average Bonchev–Trinajstić information content (AvgIpc) is 2.97. The zero-order valence-corrected chi connectivity index (χ0v) is 13.7. The number of amides is 2. The third kappa shape index (κ3) is 3.43. The molecule has 0 bridgehead atoms. The highest BCUT2D eigenvalue weighted by atomic mass is 32.1. The lowest BCUT2D eigenvalue weighted by Gasteiger charge is -2.41. The van der Waals surface area contributed by atoms with Gasteiger partial charge in [0, 0.05) is 11.6 Å². The highest BCUT2D eigenvalue weighted by molar-refractivity contribution is 7.09. The van der Waals surface area contributed by atoms with Gasteiger partial charge in [0.05, 0.1) is 6.54 Å². The molecule has 0 aliphatic carbocycles. The smallest absolute Gasteiger partial charge is 0.246 e. The zero-order chi connectivity index (χ0) is 15.4. The van der Waals surface area contributed by atoms with E-state index in [1.54, 1.807) is 11.1 Å². The zero-order valence-electron chi connectivity index (χ0n) is 12.8. The van der Waals surface area contributed by atoms with Crippen molar-refractivity contribution in [3.05, 3.63) is 16.6 Å². The number of carbonyl (C=O) groups excluding carboxylic acids is 2. The van der Waals surface area contributed by atoms with E-state index >= 15 is 0 Å². The molecule has 1 N–H and O–H groups in total. The van der Waals surface area contributed by atoms with Gasteiger partial charge in [0.2, 0.25) is 11.8 Å². The summed E-state index contributed by atoms with van der Waals surface area (Å²) in [5.41, 5.74) is 0. The molecule has 0 aromatic carbocycles. The van der Waals surface area contributed by atoms with Crippen LogP contribution in [0.15, 0.2) is 11.6 Å². The minimum Gasteiger partial charge on any atom is -0.342 e. The van der Waals surface area contributed by atoms with Crippen molar-refractivity contribution in [3.63, 3.8) is 0 Å².